The minimum Gasteiger partial charge on any atom is -0.387 e. The summed E-state index contributed by atoms with van der Waals surface area (Å²) >= 11 is 0. The molecule has 2 aromatic carbocycles. The lowest BCUT2D eigenvalue weighted by Crippen LogP contribution is -2.17. The number of fused-ring (bicyclic) bond motifs is 1. The fraction of sp³-hybridized carbons (Fsp3) is 0.100. The fourth-order valence-corrected chi connectivity index (χ4v) is 2.93. The van der Waals surface area contributed by atoms with Gasteiger partial charge in [-0.2, -0.15) is 0 Å². The maximum atomic E-state index is 12.4. The second-order valence-electron chi connectivity index (χ2n) is 6.01. The first-order valence-electron chi connectivity index (χ1n) is 8.36. The molecule has 2 heterocycles. The number of aliphatic hydroxyl groups is 1. The Labute approximate surface area is 149 Å². The van der Waals surface area contributed by atoms with E-state index in [2.05, 4.69) is 20.3 Å². The highest BCUT2D eigenvalue weighted by Crippen LogP contribution is 2.24. The summed E-state index contributed by atoms with van der Waals surface area (Å²) in [6.07, 6.45) is 0.894. The van der Waals surface area contributed by atoms with Crippen LogP contribution >= 0.6 is 0 Å². The van der Waals surface area contributed by atoms with Gasteiger partial charge in [-0.1, -0.05) is 42.5 Å². The first-order valence-corrected chi connectivity index (χ1v) is 8.36. The number of imidazole rings is 1. The normalized spacial score (nSPS) is 12.2. The molecule has 6 nitrogen and oxygen atoms in total. The van der Waals surface area contributed by atoms with Gasteiger partial charge in [0.1, 0.15) is 11.4 Å². The van der Waals surface area contributed by atoms with Gasteiger partial charge in [-0.3, -0.25) is 4.79 Å². The largest absolute Gasteiger partial charge is 0.387 e. The Morgan fingerprint density at radius 2 is 1.81 bits per heavy atom. The Bertz CT molecular complexity index is 1050. The van der Waals surface area contributed by atoms with E-state index in [9.17, 15) is 9.90 Å². The van der Waals surface area contributed by atoms with E-state index in [1.165, 1.54) is 0 Å². The summed E-state index contributed by atoms with van der Waals surface area (Å²) < 4.78 is 0. The van der Waals surface area contributed by atoms with Crippen molar-refractivity contribution in [2.24, 2.45) is 0 Å². The molecule has 0 unspecified atom stereocenters. The molecule has 4 N–H and O–H groups in total. The van der Waals surface area contributed by atoms with E-state index in [0.717, 1.165) is 16.6 Å². The third-order valence-electron chi connectivity index (χ3n) is 4.26. The van der Waals surface area contributed by atoms with E-state index in [4.69, 9.17) is 0 Å². The number of aliphatic hydroxyl groups excluding tert-OH is 1. The number of para-hydroxylation sites is 2. The van der Waals surface area contributed by atoms with Gasteiger partial charge >= 0.3 is 0 Å². The Morgan fingerprint density at radius 3 is 2.62 bits per heavy atom. The highest BCUT2D eigenvalue weighted by molar-refractivity contribution is 5.82. The number of hydrogen-bond donors (Lipinski definition) is 4. The van der Waals surface area contributed by atoms with E-state index < -0.39 is 6.10 Å². The van der Waals surface area contributed by atoms with Crippen LogP contribution in [0.1, 0.15) is 11.7 Å². The predicted molar refractivity (Wildman–Crippen MR) is 102 cm³/mol. The summed E-state index contributed by atoms with van der Waals surface area (Å²) in [6.45, 7) is 0.278. The van der Waals surface area contributed by atoms with Crippen molar-refractivity contribution in [2.75, 3.05) is 11.9 Å². The number of pyridine rings is 1. The van der Waals surface area contributed by atoms with Crippen molar-refractivity contribution >= 4 is 16.7 Å². The summed E-state index contributed by atoms with van der Waals surface area (Å²) in [7, 11) is 0. The van der Waals surface area contributed by atoms with Crippen LogP contribution < -0.4 is 10.9 Å². The van der Waals surface area contributed by atoms with Gasteiger partial charge < -0.3 is 20.4 Å². The van der Waals surface area contributed by atoms with E-state index in [0.29, 0.717) is 17.1 Å². The molecular weight excluding hydrogens is 328 g/mol. The molecule has 0 saturated carbocycles. The van der Waals surface area contributed by atoms with Crippen LogP contribution in [0.25, 0.3) is 22.4 Å². The zero-order chi connectivity index (χ0) is 17.9. The second kappa shape index (κ2) is 6.85. The van der Waals surface area contributed by atoms with Crippen LogP contribution in [0.15, 0.2) is 71.7 Å². The number of rotatable bonds is 5. The number of aromatic amines is 2. The van der Waals surface area contributed by atoms with Crippen LogP contribution in [0.3, 0.4) is 0 Å². The smallest absolute Gasteiger partial charge is 0.261 e. The van der Waals surface area contributed by atoms with E-state index >= 15 is 0 Å². The highest BCUT2D eigenvalue weighted by atomic mass is 16.3. The third kappa shape index (κ3) is 3.10. The Hall–Kier alpha value is -3.38. The van der Waals surface area contributed by atoms with Crippen LogP contribution in [-0.4, -0.2) is 26.6 Å². The number of anilines is 1. The van der Waals surface area contributed by atoms with Gasteiger partial charge in [0.05, 0.1) is 22.8 Å². The zero-order valence-electron chi connectivity index (χ0n) is 13.9. The molecule has 0 saturated heterocycles. The highest BCUT2D eigenvalue weighted by Gasteiger charge is 2.15. The van der Waals surface area contributed by atoms with Crippen molar-refractivity contribution in [1.29, 1.82) is 0 Å². The molecule has 2 aromatic heterocycles. The van der Waals surface area contributed by atoms with Crippen LogP contribution in [0.4, 0.5) is 5.69 Å². The summed E-state index contributed by atoms with van der Waals surface area (Å²) in [5.74, 6) is 0.491. The maximum Gasteiger partial charge on any atom is 0.261 e. The topological polar surface area (TPSA) is 93.8 Å². The average molecular weight is 346 g/mol. The van der Waals surface area contributed by atoms with Gasteiger partial charge in [0.2, 0.25) is 0 Å². The molecule has 0 aliphatic heterocycles. The molecule has 1 atom stereocenters. The summed E-state index contributed by atoms with van der Waals surface area (Å²) in [5, 5.41) is 13.5. The number of H-pyrrole nitrogens is 2. The molecule has 130 valence electrons. The van der Waals surface area contributed by atoms with Gasteiger partial charge in [-0.05, 0) is 23.8 Å². The lowest BCUT2D eigenvalue weighted by atomic mass is 10.1. The van der Waals surface area contributed by atoms with Crippen LogP contribution in [0.5, 0.6) is 0 Å². The molecule has 6 heteroatoms. The molecule has 0 aliphatic rings. The summed E-state index contributed by atoms with van der Waals surface area (Å²) in [6, 6.07) is 18.8. The molecule has 0 bridgehead atoms. The lowest BCUT2D eigenvalue weighted by Gasteiger charge is -2.14. The van der Waals surface area contributed by atoms with Crippen molar-refractivity contribution in [2.45, 2.75) is 6.10 Å². The van der Waals surface area contributed by atoms with Crippen LogP contribution in [0, 0.1) is 0 Å². The minimum absolute atomic E-state index is 0.247. The Kier molecular flexibility index (Phi) is 4.25. The number of nitrogens with zero attached hydrogens (tertiary/aromatic N) is 1. The SMILES string of the molecule is O=c1[nH]ccc(NC[C@@H](O)c2ccccc2)c1-c1nc2ccccc2[nH]1. The third-order valence-corrected chi connectivity index (χ3v) is 4.26. The fourth-order valence-electron chi connectivity index (χ4n) is 2.93. The quantitative estimate of drug-likeness (QED) is 0.447. The standard InChI is InChI=1S/C20H18N4O2/c25-17(13-6-2-1-3-7-13)12-22-16-10-11-21-20(26)18(16)19-23-14-8-4-5-9-15(14)24-19/h1-11,17,25H,12H2,(H,23,24)(H2,21,22,26)/t17-/m1/s1. The summed E-state index contributed by atoms with van der Waals surface area (Å²) in [4.78, 5) is 22.8. The summed E-state index contributed by atoms with van der Waals surface area (Å²) in [5.41, 5.74) is 3.26. The monoisotopic (exact) mass is 346 g/mol. The molecule has 0 aliphatic carbocycles. The van der Waals surface area contributed by atoms with Crippen molar-refractivity contribution in [3.05, 3.63) is 82.8 Å². The molecule has 0 spiro atoms. The number of hydrogen-bond acceptors (Lipinski definition) is 4. The van der Waals surface area contributed by atoms with Crippen LogP contribution in [0.2, 0.25) is 0 Å². The Morgan fingerprint density at radius 1 is 1.04 bits per heavy atom. The van der Waals surface area contributed by atoms with Gasteiger partial charge in [-0.15, -0.1) is 0 Å². The predicted octanol–water partition coefficient (Wildman–Crippen LogP) is 3.06. The molecule has 4 aromatic rings. The van der Waals surface area contributed by atoms with Crippen molar-refractivity contribution < 1.29 is 5.11 Å². The van der Waals surface area contributed by atoms with Gasteiger partial charge in [0.25, 0.3) is 5.56 Å². The second-order valence-corrected chi connectivity index (χ2v) is 6.01. The number of aromatic nitrogens is 3. The number of benzene rings is 2. The molecule has 0 amide bonds. The number of nitrogens with one attached hydrogen (secondary N) is 3. The maximum absolute atomic E-state index is 12.4. The van der Waals surface area contributed by atoms with Crippen LogP contribution in [-0.2, 0) is 0 Å². The van der Waals surface area contributed by atoms with Gasteiger partial charge in [0.15, 0.2) is 0 Å². The first kappa shape index (κ1) is 16.1. The molecule has 0 radical (unpaired) electrons. The van der Waals surface area contributed by atoms with Crippen molar-refractivity contribution in [3.8, 4) is 11.4 Å². The van der Waals surface area contributed by atoms with Gasteiger partial charge in [-0.25, -0.2) is 4.98 Å². The molecule has 4 rings (SSSR count). The molecular formula is C20H18N4O2. The van der Waals surface area contributed by atoms with E-state index in [-0.39, 0.29) is 12.1 Å². The average Bonchev–Trinajstić information content (AvgIpc) is 3.10. The zero-order valence-corrected chi connectivity index (χ0v) is 13.9. The first-order chi connectivity index (χ1) is 12.7. The molecule has 0 fully saturated rings. The molecule has 26 heavy (non-hydrogen) atoms. The Balaban J connectivity index is 1.65. The lowest BCUT2D eigenvalue weighted by molar-refractivity contribution is 0.191. The van der Waals surface area contributed by atoms with Crippen molar-refractivity contribution in [3.63, 3.8) is 0 Å². The minimum atomic E-state index is -0.681. The van der Waals surface area contributed by atoms with Crippen molar-refractivity contribution in [1.82, 2.24) is 15.0 Å². The van der Waals surface area contributed by atoms with Gasteiger partial charge in [0, 0.05) is 12.7 Å². The van der Waals surface area contributed by atoms with E-state index in [1.54, 1.807) is 12.3 Å². The van der Waals surface area contributed by atoms with E-state index in [1.807, 2.05) is 54.6 Å².